The minimum absolute atomic E-state index is 0.107. The molecule has 2 aromatic heterocycles. The third-order valence-corrected chi connectivity index (χ3v) is 3.86. The lowest BCUT2D eigenvalue weighted by atomic mass is 10.1. The highest BCUT2D eigenvalue weighted by molar-refractivity contribution is 6.32. The van der Waals surface area contributed by atoms with Gasteiger partial charge in [-0.05, 0) is 26.0 Å². The first-order valence-corrected chi connectivity index (χ1v) is 7.43. The molecule has 1 saturated heterocycles. The second-order valence-corrected chi connectivity index (χ2v) is 6.20. The lowest BCUT2D eigenvalue weighted by Gasteiger charge is -2.39. The Morgan fingerprint density at radius 2 is 2.09 bits per heavy atom. The summed E-state index contributed by atoms with van der Waals surface area (Å²) in [4.78, 5) is 25.4. The largest absolute Gasteiger partial charge is 0.372 e. The van der Waals surface area contributed by atoms with Gasteiger partial charge in [-0.15, -0.1) is 0 Å². The van der Waals surface area contributed by atoms with Crippen LogP contribution in [0.2, 0.25) is 5.02 Å². The highest BCUT2D eigenvalue weighted by atomic mass is 35.5. The van der Waals surface area contributed by atoms with E-state index in [4.69, 9.17) is 16.3 Å². The van der Waals surface area contributed by atoms with E-state index >= 15 is 0 Å². The molecule has 6 nitrogen and oxygen atoms in total. The molecule has 0 unspecified atom stereocenters. The molecule has 3 heterocycles. The molecule has 0 aliphatic carbocycles. The molecule has 2 aromatic rings. The summed E-state index contributed by atoms with van der Waals surface area (Å²) >= 11 is 6.18. The summed E-state index contributed by atoms with van der Waals surface area (Å²) < 4.78 is 5.70. The van der Waals surface area contributed by atoms with E-state index in [1.807, 2.05) is 18.7 Å². The maximum absolute atomic E-state index is 12.1. The van der Waals surface area contributed by atoms with Gasteiger partial charge in [0.2, 0.25) is 0 Å². The summed E-state index contributed by atoms with van der Waals surface area (Å²) in [6.45, 7) is 5.85. The fourth-order valence-electron chi connectivity index (χ4n) is 2.50. The highest BCUT2D eigenvalue weighted by Crippen LogP contribution is 2.27. The molecule has 0 bridgehead atoms. The Bertz CT molecular complexity index is 730. The van der Waals surface area contributed by atoms with Gasteiger partial charge in [0.05, 0.1) is 12.2 Å². The van der Waals surface area contributed by atoms with Gasteiger partial charge in [-0.1, -0.05) is 11.6 Å². The standard InChI is InChI=1S/C15H17ClN4O2/c1-15(2)9-20(7-8-22-15)13-11(16)14(21)19-12(18-13)10-3-5-17-6-4-10/h3-6H,7-9H2,1-2H3,(H,18,19,21). The molecular formula is C15H17ClN4O2. The molecule has 22 heavy (non-hydrogen) atoms. The van der Waals surface area contributed by atoms with Crippen molar-refractivity contribution < 1.29 is 4.74 Å². The number of aromatic nitrogens is 3. The van der Waals surface area contributed by atoms with E-state index in [0.717, 1.165) is 5.56 Å². The molecule has 0 aromatic carbocycles. The van der Waals surface area contributed by atoms with Gasteiger partial charge in [0.25, 0.3) is 5.56 Å². The van der Waals surface area contributed by atoms with Gasteiger partial charge in [0, 0.05) is 31.0 Å². The van der Waals surface area contributed by atoms with Gasteiger partial charge >= 0.3 is 0 Å². The minimum atomic E-state index is -0.345. The van der Waals surface area contributed by atoms with Crippen LogP contribution in [0.5, 0.6) is 0 Å². The molecular weight excluding hydrogens is 304 g/mol. The molecule has 0 radical (unpaired) electrons. The van der Waals surface area contributed by atoms with E-state index in [1.165, 1.54) is 0 Å². The van der Waals surface area contributed by atoms with Gasteiger partial charge in [-0.3, -0.25) is 9.78 Å². The number of ether oxygens (including phenoxy) is 1. The minimum Gasteiger partial charge on any atom is -0.372 e. The number of aromatic amines is 1. The number of pyridine rings is 1. The molecule has 1 aliphatic rings. The number of nitrogens with zero attached hydrogens (tertiary/aromatic N) is 3. The Kier molecular flexibility index (Phi) is 3.88. The SMILES string of the molecule is CC1(C)CN(c2nc(-c3ccncc3)[nH]c(=O)c2Cl)CCO1. The molecule has 1 N–H and O–H groups in total. The zero-order chi connectivity index (χ0) is 15.7. The van der Waals surface area contributed by atoms with Crippen LogP contribution in [0.25, 0.3) is 11.4 Å². The van der Waals surface area contributed by atoms with Crippen molar-refractivity contribution in [1.82, 2.24) is 15.0 Å². The molecule has 1 fully saturated rings. The van der Waals surface area contributed by atoms with Crippen LogP contribution < -0.4 is 10.5 Å². The van der Waals surface area contributed by atoms with Crippen LogP contribution in [0.1, 0.15) is 13.8 Å². The first-order chi connectivity index (χ1) is 10.5. The molecule has 1 aliphatic heterocycles. The molecule has 0 saturated carbocycles. The maximum atomic E-state index is 12.1. The molecule has 0 atom stereocenters. The quantitative estimate of drug-likeness (QED) is 0.917. The van der Waals surface area contributed by atoms with E-state index in [-0.39, 0.29) is 16.2 Å². The van der Waals surface area contributed by atoms with Crippen molar-refractivity contribution in [3.63, 3.8) is 0 Å². The van der Waals surface area contributed by atoms with E-state index in [1.54, 1.807) is 24.5 Å². The van der Waals surface area contributed by atoms with Crippen LogP contribution in [0.4, 0.5) is 5.82 Å². The van der Waals surface area contributed by atoms with Crippen LogP contribution in [-0.2, 0) is 4.74 Å². The highest BCUT2D eigenvalue weighted by Gasteiger charge is 2.29. The van der Waals surface area contributed by atoms with Gasteiger partial charge in [-0.2, -0.15) is 0 Å². The predicted octanol–water partition coefficient (Wildman–Crippen LogP) is 2.10. The Hall–Kier alpha value is -1.92. The van der Waals surface area contributed by atoms with E-state index < -0.39 is 0 Å². The summed E-state index contributed by atoms with van der Waals surface area (Å²) in [5.41, 5.74) is 0.142. The van der Waals surface area contributed by atoms with Crippen molar-refractivity contribution in [3.05, 3.63) is 39.9 Å². The molecule has 7 heteroatoms. The third-order valence-electron chi connectivity index (χ3n) is 3.52. The normalized spacial score (nSPS) is 17.5. The first kappa shape index (κ1) is 15.0. The monoisotopic (exact) mass is 320 g/mol. The summed E-state index contributed by atoms with van der Waals surface area (Å²) in [6, 6.07) is 3.58. The smallest absolute Gasteiger partial charge is 0.272 e. The number of hydrogen-bond acceptors (Lipinski definition) is 5. The summed E-state index contributed by atoms with van der Waals surface area (Å²) in [7, 11) is 0. The van der Waals surface area contributed by atoms with Crippen LogP contribution in [0.15, 0.2) is 29.3 Å². The zero-order valence-electron chi connectivity index (χ0n) is 12.5. The average molecular weight is 321 g/mol. The topological polar surface area (TPSA) is 71.1 Å². The van der Waals surface area contributed by atoms with Crippen LogP contribution in [-0.4, -0.2) is 40.2 Å². The van der Waals surface area contributed by atoms with Crippen LogP contribution in [0, 0.1) is 0 Å². The lowest BCUT2D eigenvalue weighted by Crippen LogP contribution is -2.49. The van der Waals surface area contributed by atoms with Crippen molar-refractivity contribution in [1.29, 1.82) is 0 Å². The Morgan fingerprint density at radius 1 is 1.36 bits per heavy atom. The van der Waals surface area contributed by atoms with E-state index in [9.17, 15) is 4.79 Å². The number of nitrogens with one attached hydrogen (secondary N) is 1. The van der Waals surface area contributed by atoms with Crippen molar-refractivity contribution in [3.8, 4) is 11.4 Å². The first-order valence-electron chi connectivity index (χ1n) is 7.05. The number of H-pyrrole nitrogens is 1. The van der Waals surface area contributed by atoms with Gasteiger partial charge in [0.15, 0.2) is 5.82 Å². The number of halogens is 1. The Morgan fingerprint density at radius 3 is 2.77 bits per heavy atom. The number of rotatable bonds is 2. The number of morpholine rings is 1. The molecule has 116 valence electrons. The second kappa shape index (κ2) is 5.70. The van der Waals surface area contributed by atoms with E-state index in [0.29, 0.717) is 31.3 Å². The summed E-state index contributed by atoms with van der Waals surface area (Å²) in [5.74, 6) is 0.977. The number of hydrogen-bond donors (Lipinski definition) is 1. The van der Waals surface area contributed by atoms with Crippen molar-refractivity contribution in [2.24, 2.45) is 0 Å². The van der Waals surface area contributed by atoms with Crippen LogP contribution >= 0.6 is 11.6 Å². The van der Waals surface area contributed by atoms with Gasteiger partial charge < -0.3 is 14.6 Å². The molecule has 0 spiro atoms. The fourth-order valence-corrected chi connectivity index (χ4v) is 2.71. The van der Waals surface area contributed by atoms with Gasteiger partial charge in [0.1, 0.15) is 10.8 Å². The maximum Gasteiger partial charge on any atom is 0.272 e. The zero-order valence-corrected chi connectivity index (χ0v) is 13.2. The van der Waals surface area contributed by atoms with E-state index in [2.05, 4.69) is 15.0 Å². The Balaban J connectivity index is 2.04. The molecule has 3 rings (SSSR count). The number of anilines is 1. The third kappa shape index (κ3) is 2.98. The second-order valence-electron chi connectivity index (χ2n) is 5.82. The fraction of sp³-hybridized carbons (Fsp3) is 0.400. The Labute approximate surface area is 133 Å². The predicted molar refractivity (Wildman–Crippen MR) is 85.3 cm³/mol. The van der Waals surface area contributed by atoms with Crippen molar-refractivity contribution in [2.75, 3.05) is 24.6 Å². The van der Waals surface area contributed by atoms with Crippen LogP contribution in [0.3, 0.4) is 0 Å². The molecule has 0 amide bonds. The summed E-state index contributed by atoms with van der Waals surface area (Å²) in [6.07, 6.45) is 3.31. The van der Waals surface area contributed by atoms with Crippen molar-refractivity contribution >= 4 is 17.4 Å². The van der Waals surface area contributed by atoms with Crippen molar-refractivity contribution in [2.45, 2.75) is 19.4 Å². The lowest BCUT2D eigenvalue weighted by molar-refractivity contribution is -0.0279. The summed E-state index contributed by atoms with van der Waals surface area (Å²) in [5, 5.41) is 0.107. The average Bonchev–Trinajstić information content (AvgIpc) is 2.49. The van der Waals surface area contributed by atoms with Gasteiger partial charge in [-0.25, -0.2) is 4.98 Å².